The first-order valence-corrected chi connectivity index (χ1v) is 8.94. The van der Waals surface area contributed by atoms with Crippen LogP contribution in [0.15, 0.2) is 90.0 Å². The monoisotopic (exact) mass is 346 g/mol. The zero-order valence-corrected chi connectivity index (χ0v) is 14.7. The Hall–Kier alpha value is -2.74. The lowest BCUT2D eigenvalue weighted by Gasteiger charge is -2.35. The van der Waals surface area contributed by atoms with Crippen LogP contribution < -0.4 is 0 Å². The van der Waals surface area contributed by atoms with E-state index < -0.39 is 6.08 Å². The van der Waals surface area contributed by atoms with Gasteiger partial charge in [0.1, 0.15) is 0 Å². The maximum Gasteiger partial charge on any atom is 0.274 e. The number of fused-ring (bicyclic) bond motifs is 1. The smallest absolute Gasteiger partial charge is 0.173 e. The molecule has 0 spiro atoms. The van der Waals surface area contributed by atoms with E-state index in [-0.39, 0.29) is 11.5 Å². The molecule has 4 rings (SSSR count). The molecule has 1 unspecified atom stereocenters. The average Bonchev–Trinajstić information content (AvgIpc) is 2.66. The molecular formula is C24H20F2. The predicted molar refractivity (Wildman–Crippen MR) is 104 cm³/mol. The van der Waals surface area contributed by atoms with E-state index in [1.165, 1.54) is 5.56 Å². The molecule has 0 bridgehead atoms. The van der Waals surface area contributed by atoms with E-state index in [9.17, 15) is 8.78 Å². The lowest BCUT2D eigenvalue weighted by Crippen LogP contribution is -2.21. The van der Waals surface area contributed by atoms with Crippen molar-refractivity contribution in [1.82, 2.24) is 0 Å². The Labute approximate surface area is 152 Å². The fraction of sp³-hybridized carbons (Fsp3) is 0.167. The molecule has 3 aromatic carbocycles. The Morgan fingerprint density at radius 2 is 1.54 bits per heavy atom. The normalized spacial score (nSPS) is 16.7. The van der Waals surface area contributed by atoms with Gasteiger partial charge in [0.05, 0.1) is 0 Å². The van der Waals surface area contributed by atoms with Gasteiger partial charge >= 0.3 is 0 Å². The van der Waals surface area contributed by atoms with Crippen LogP contribution in [0.4, 0.5) is 8.78 Å². The second kappa shape index (κ2) is 6.87. The molecule has 26 heavy (non-hydrogen) atoms. The quantitative estimate of drug-likeness (QED) is 0.476. The van der Waals surface area contributed by atoms with Gasteiger partial charge in [0.25, 0.3) is 6.08 Å². The number of aryl methyl sites for hydroxylation is 1. The van der Waals surface area contributed by atoms with E-state index >= 15 is 0 Å². The molecule has 0 saturated heterocycles. The van der Waals surface area contributed by atoms with Crippen molar-refractivity contribution in [2.24, 2.45) is 5.92 Å². The lowest BCUT2D eigenvalue weighted by atomic mass is 9.69. The second-order valence-corrected chi connectivity index (χ2v) is 6.87. The summed E-state index contributed by atoms with van der Waals surface area (Å²) in [6.07, 6.45) is -0.0126. The van der Waals surface area contributed by atoms with Gasteiger partial charge in [0.15, 0.2) is 0 Å². The summed E-state index contributed by atoms with van der Waals surface area (Å²) in [7, 11) is 0. The summed E-state index contributed by atoms with van der Waals surface area (Å²) in [5.41, 5.74) is 4.11. The third kappa shape index (κ3) is 2.96. The van der Waals surface area contributed by atoms with Crippen molar-refractivity contribution in [3.05, 3.63) is 101 Å². The topological polar surface area (TPSA) is 0 Å². The first-order valence-electron chi connectivity index (χ1n) is 8.94. The van der Waals surface area contributed by atoms with Crippen LogP contribution in [0, 0.1) is 5.92 Å². The highest BCUT2D eigenvalue weighted by Gasteiger charge is 2.36. The van der Waals surface area contributed by atoms with Crippen LogP contribution in [0.25, 0.3) is 16.3 Å². The number of hydrogen-bond donors (Lipinski definition) is 0. The number of rotatable bonds is 4. The van der Waals surface area contributed by atoms with Crippen LogP contribution in [0.3, 0.4) is 0 Å². The minimum atomic E-state index is -1.54. The maximum atomic E-state index is 13.7. The van der Waals surface area contributed by atoms with Crippen molar-refractivity contribution in [2.75, 3.05) is 0 Å². The predicted octanol–water partition coefficient (Wildman–Crippen LogP) is 7.03. The fourth-order valence-electron chi connectivity index (χ4n) is 3.97. The molecule has 0 nitrogen and oxygen atoms in total. The molecule has 0 amide bonds. The van der Waals surface area contributed by atoms with Crippen LogP contribution in [0.2, 0.25) is 0 Å². The summed E-state index contributed by atoms with van der Waals surface area (Å²) in [5, 5.41) is 2.21. The van der Waals surface area contributed by atoms with E-state index in [1.807, 2.05) is 67.6 Å². The highest BCUT2D eigenvalue weighted by atomic mass is 19.3. The Kier molecular flexibility index (Phi) is 4.42. The van der Waals surface area contributed by atoms with Gasteiger partial charge in [-0.2, -0.15) is 8.78 Å². The molecule has 1 atom stereocenters. The highest BCUT2D eigenvalue weighted by molar-refractivity contribution is 5.94. The van der Waals surface area contributed by atoms with Crippen LogP contribution in [-0.2, 0) is 6.42 Å². The maximum absolute atomic E-state index is 13.7. The molecule has 0 heterocycles. The largest absolute Gasteiger partial charge is 0.274 e. The zero-order valence-electron chi connectivity index (χ0n) is 14.7. The minimum Gasteiger partial charge on any atom is -0.173 e. The Balaban J connectivity index is 1.66. The van der Waals surface area contributed by atoms with E-state index in [0.717, 1.165) is 40.3 Å². The molecule has 0 radical (unpaired) electrons. The summed E-state index contributed by atoms with van der Waals surface area (Å²) >= 11 is 0. The number of benzene rings is 3. The van der Waals surface area contributed by atoms with Gasteiger partial charge < -0.3 is 0 Å². The van der Waals surface area contributed by atoms with Crippen molar-refractivity contribution in [3.8, 4) is 0 Å². The molecule has 3 aromatic rings. The first-order chi connectivity index (χ1) is 12.6. The van der Waals surface area contributed by atoms with Gasteiger partial charge in [-0.3, -0.25) is 0 Å². The van der Waals surface area contributed by atoms with Crippen molar-refractivity contribution in [1.29, 1.82) is 0 Å². The van der Waals surface area contributed by atoms with Gasteiger partial charge in [0.2, 0.25) is 0 Å². The van der Waals surface area contributed by atoms with Crippen LogP contribution in [0.1, 0.15) is 24.5 Å². The number of halogens is 2. The summed E-state index contributed by atoms with van der Waals surface area (Å²) in [4.78, 5) is 0. The zero-order chi connectivity index (χ0) is 18.1. The molecule has 130 valence electrons. The summed E-state index contributed by atoms with van der Waals surface area (Å²) < 4.78 is 27.4. The highest BCUT2D eigenvalue weighted by Crippen LogP contribution is 2.50. The first kappa shape index (κ1) is 16.7. The molecular weight excluding hydrogens is 326 g/mol. The Morgan fingerprint density at radius 3 is 2.27 bits per heavy atom. The summed E-state index contributed by atoms with van der Waals surface area (Å²) in [6, 6.07) is 24.1. The van der Waals surface area contributed by atoms with E-state index in [1.54, 1.807) is 0 Å². The van der Waals surface area contributed by atoms with Crippen LogP contribution >= 0.6 is 0 Å². The second-order valence-electron chi connectivity index (χ2n) is 6.87. The average molecular weight is 346 g/mol. The summed E-state index contributed by atoms with van der Waals surface area (Å²) in [6.45, 7) is 1.99. The van der Waals surface area contributed by atoms with Crippen LogP contribution in [0.5, 0.6) is 0 Å². The molecule has 1 aliphatic carbocycles. The van der Waals surface area contributed by atoms with Gasteiger partial charge in [-0.05, 0) is 53.3 Å². The standard InChI is InChI=1S/C24H20F2/c1-16-21(14-11-17-7-3-2-4-8-17)23(24(25)26)22(16)20-13-12-18-9-5-6-10-19(18)15-20/h2-10,12-13,15,21H,11,14H2,1H3. The van der Waals surface area contributed by atoms with E-state index in [2.05, 4.69) is 12.1 Å². The number of allylic oxidation sites excluding steroid dienone is 3. The molecule has 2 heteroatoms. The summed E-state index contributed by atoms with van der Waals surface area (Å²) in [5.74, 6) is -0.151. The fourth-order valence-corrected chi connectivity index (χ4v) is 3.97. The van der Waals surface area contributed by atoms with Gasteiger partial charge in [-0.25, -0.2) is 0 Å². The molecule has 0 aromatic heterocycles. The molecule has 0 fully saturated rings. The van der Waals surface area contributed by atoms with Gasteiger partial charge in [0, 0.05) is 11.5 Å². The van der Waals surface area contributed by atoms with Crippen molar-refractivity contribution in [2.45, 2.75) is 19.8 Å². The Morgan fingerprint density at radius 1 is 0.846 bits per heavy atom. The van der Waals surface area contributed by atoms with Crippen LogP contribution in [-0.4, -0.2) is 0 Å². The van der Waals surface area contributed by atoms with Crippen molar-refractivity contribution >= 4 is 16.3 Å². The van der Waals surface area contributed by atoms with Gasteiger partial charge in [-0.15, -0.1) is 0 Å². The Bertz CT molecular complexity index is 1010. The SMILES string of the molecule is CC1=C(c2ccc3ccccc3c2)C(=C(F)F)C1CCc1ccccc1. The van der Waals surface area contributed by atoms with E-state index in [4.69, 9.17) is 0 Å². The molecule has 0 N–H and O–H groups in total. The van der Waals surface area contributed by atoms with Gasteiger partial charge in [-0.1, -0.05) is 72.3 Å². The number of hydrogen-bond acceptors (Lipinski definition) is 0. The lowest BCUT2D eigenvalue weighted by molar-refractivity contribution is 0.397. The third-order valence-corrected chi connectivity index (χ3v) is 5.34. The van der Waals surface area contributed by atoms with Crippen molar-refractivity contribution < 1.29 is 8.78 Å². The minimum absolute atomic E-state index is 0.151. The molecule has 0 saturated carbocycles. The van der Waals surface area contributed by atoms with E-state index in [0.29, 0.717) is 0 Å². The molecule has 1 aliphatic rings. The molecule has 0 aliphatic heterocycles. The third-order valence-electron chi connectivity index (χ3n) is 5.34. The van der Waals surface area contributed by atoms with Crippen molar-refractivity contribution in [3.63, 3.8) is 0 Å².